The van der Waals surface area contributed by atoms with Gasteiger partial charge in [0.15, 0.2) is 16.8 Å². The van der Waals surface area contributed by atoms with Crippen LogP contribution in [0.15, 0.2) is 57.5 Å². The Hall–Kier alpha value is -3.15. The van der Waals surface area contributed by atoms with Gasteiger partial charge in [-0.25, -0.2) is 18.7 Å². The number of nitrogen functional groups attached to an aromatic ring is 1. The largest absolute Gasteiger partial charge is 1.00 e. The molecule has 0 unspecified atom stereocenters. The fourth-order valence-corrected chi connectivity index (χ4v) is 6.19. The van der Waals surface area contributed by atoms with Gasteiger partial charge in [0.05, 0.1) is 11.0 Å². The Kier molecular flexibility index (Phi) is 9.25. The van der Waals surface area contributed by atoms with Crippen molar-refractivity contribution in [2.24, 2.45) is 10.1 Å². The molecule has 5 rings (SSSR count). The van der Waals surface area contributed by atoms with E-state index in [0.717, 1.165) is 21.9 Å². The molecule has 42 heavy (non-hydrogen) atoms. The fraction of sp³-hybridized carbons (Fsp3) is 0.292. The van der Waals surface area contributed by atoms with Gasteiger partial charge in [-0.1, -0.05) is 16.8 Å². The van der Waals surface area contributed by atoms with Crippen LogP contribution >= 0.6 is 34.7 Å². The second-order valence-corrected chi connectivity index (χ2v) is 11.9. The fourth-order valence-electron chi connectivity index (χ4n) is 4.16. The minimum Gasteiger partial charge on any atom is -0.857 e. The van der Waals surface area contributed by atoms with E-state index in [1.54, 1.807) is 35.1 Å². The first-order valence-corrected chi connectivity index (χ1v) is 14.2. The van der Waals surface area contributed by atoms with E-state index >= 15 is 0 Å². The third-order valence-corrected chi connectivity index (χ3v) is 8.51. The van der Waals surface area contributed by atoms with Gasteiger partial charge < -0.3 is 30.7 Å². The van der Waals surface area contributed by atoms with Gasteiger partial charge in [0.1, 0.15) is 47.6 Å². The number of carbonyl (C=O) groups is 3. The first-order chi connectivity index (χ1) is 19.4. The molecule has 0 aromatic carbocycles. The Labute approximate surface area is 273 Å². The Morgan fingerprint density at radius 1 is 1.36 bits per heavy atom. The van der Waals surface area contributed by atoms with Crippen molar-refractivity contribution in [1.82, 2.24) is 14.3 Å². The molecule has 1 saturated heterocycles. The number of nitrogens with two attached hydrogens (primary N) is 1. The normalized spacial score (nSPS) is 19.3. The van der Waals surface area contributed by atoms with Crippen molar-refractivity contribution in [3.63, 3.8) is 0 Å². The molecule has 0 saturated carbocycles. The molecule has 2 atom stereocenters. The molecular weight excluding hydrogens is 621 g/mol. The van der Waals surface area contributed by atoms with Crippen LogP contribution in [0.5, 0.6) is 0 Å². The molecule has 0 spiro atoms. The van der Waals surface area contributed by atoms with Crippen molar-refractivity contribution >= 4 is 74.9 Å². The average Bonchev–Trinajstić information content (AvgIpc) is 3.52. The minimum absolute atomic E-state index is 0. The van der Waals surface area contributed by atoms with Crippen LogP contribution in [-0.2, 0) is 25.8 Å². The summed E-state index contributed by atoms with van der Waals surface area (Å²) in [4.78, 5) is 50.9. The molecule has 2 aliphatic rings. The molecule has 214 valence electrons. The zero-order valence-corrected chi connectivity index (χ0v) is 26.8. The van der Waals surface area contributed by atoms with E-state index in [2.05, 4.69) is 15.1 Å². The number of thiazole rings is 1. The van der Waals surface area contributed by atoms with Crippen molar-refractivity contribution in [3.8, 4) is 0 Å². The number of rotatable bonds is 9. The van der Waals surface area contributed by atoms with Gasteiger partial charge in [0.25, 0.3) is 11.6 Å². The molecule has 1 fully saturated rings. The Bertz CT molecular complexity index is 1690. The van der Waals surface area contributed by atoms with Crippen LogP contribution in [0.2, 0.25) is 5.02 Å². The maximum atomic E-state index is 13.2. The number of carbonyl (C=O) groups excluding carboxylic acids is 2. The standard InChI is InChI=1S/C24H22ClN7O7S2.Na/c1-24(2,22(37)38)39-29-15(13-10-41-23(26)27-13)18(33)28-16-19(34)32-17(21(35)36)11(9-40-20(16)32)7-30-5-6-31-8-12(25)3-4-14(30)31;/h3-6,8,10,16,20H,7,9H2,1-2H3,(H4-,26,27,28,33,35,36,37,38);/q;+1/p-1/b29-15+;/t16-,20-;/m1./s1. The molecule has 0 aliphatic carbocycles. The summed E-state index contributed by atoms with van der Waals surface area (Å²) in [6.07, 6.45) is 5.28. The molecule has 3 N–H and O–H groups in total. The van der Waals surface area contributed by atoms with Gasteiger partial charge in [-0.05, 0) is 19.9 Å². The van der Waals surface area contributed by atoms with E-state index < -0.39 is 46.5 Å². The molecule has 18 heteroatoms. The minimum atomic E-state index is -1.89. The zero-order chi connectivity index (χ0) is 29.6. The van der Waals surface area contributed by atoms with E-state index in [1.165, 1.54) is 31.0 Å². The molecule has 5 heterocycles. The second-order valence-electron chi connectivity index (χ2n) is 9.48. The first-order valence-electron chi connectivity index (χ1n) is 11.9. The third-order valence-electron chi connectivity index (χ3n) is 6.28. The molecular formula is C24H21ClN7NaO7S2. The second kappa shape index (κ2) is 12.2. The van der Waals surface area contributed by atoms with Crippen molar-refractivity contribution in [1.29, 1.82) is 0 Å². The van der Waals surface area contributed by atoms with Gasteiger partial charge in [-0.2, -0.15) is 0 Å². The predicted octanol–water partition coefficient (Wildman–Crippen LogP) is -3.75. The van der Waals surface area contributed by atoms with Gasteiger partial charge in [-0.3, -0.25) is 14.7 Å². The molecule has 3 aromatic rings. The number of aromatic nitrogens is 3. The number of aliphatic imine (C=N–C) groups is 1. The number of imidazole rings is 1. The van der Waals surface area contributed by atoms with Crippen LogP contribution in [-0.4, -0.2) is 71.6 Å². The number of thioether (sulfide) groups is 1. The third kappa shape index (κ3) is 6.00. The number of fused-ring (bicyclic) bond motifs is 2. The van der Waals surface area contributed by atoms with E-state index in [1.807, 2.05) is 4.57 Å². The Morgan fingerprint density at radius 3 is 2.74 bits per heavy atom. The van der Waals surface area contributed by atoms with Crippen LogP contribution in [0.25, 0.3) is 5.65 Å². The van der Waals surface area contributed by atoms with E-state index in [0.29, 0.717) is 10.6 Å². The van der Waals surface area contributed by atoms with Gasteiger partial charge in [0.2, 0.25) is 0 Å². The van der Waals surface area contributed by atoms with E-state index in [-0.39, 0.29) is 58.4 Å². The number of carboxylic acid groups (broad SMARTS) is 2. The summed E-state index contributed by atoms with van der Waals surface area (Å²) in [5.74, 6) is -4.29. The van der Waals surface area contributed by atoms with Crippen LogP contribution in [0.4, 0.5) is 5.13 Å². The molecule has 0 radical (unpaired) electrons. The summed E-state index contributed by atoms with van der Waals surface area (Å²) in [6, 6.07) is 2.31. The number of aliphatic carboxylic acids is 2. The van der Waals surface area contributed by atoms with Crippen LogP contribution in [0, 0.1) is 0 Å². The van der Waals surface area contributed by atoms with Crippen molar-refractivity contribution < 1.29 is 68.7 Å². The van der Waals surface area contributed by atoms with Gasteiger partial charge >= 0.3 is 35.5 Å². The number of hydrogen-bond donors (Lipinski definition) is 2. The van der Waals surface area contributed by atoms with Gasteiger partial charge in [-0.15, -0.1) is 23.1 Å². The first kappa shape index (κ1) is 31.8. The summed E-state index contributed by atoms with van der Waals surface area (Å²) in [7, 11) is 0. The number of β-lactam (4-membered cyclic amide) rings is 1. The SMILES string of the molecule is CC(C)(O/N=C(/C([O-])=N[C@@H]1C(=O)N2C(C(=O)O)=C(C[n+]3ccn4cc(Cl)ccc43)CS[C@H]12)c1csc(N)n1)C(=O)[O-].[Na+]. The average molecular weight is 642 g/mol. The van der Waals surface area contributed by atoms with Crippen LogP contribution in [0.1, 0.15) is 19.5 Å². The number of anilines is 1. The topological polar surface area (TPSA) is 202 Å². The predicted molar refractivity (Wildman–Crippen MR) is 145 cm³/mol. The quantitative estimate of drug-likeness (QED) is 0.0584. The summed E-state index contributed by atoms with van der Waals surface area (Å²) >= 11 is 8.32. The number of oxime groups is 1. The Balaban J connectivity index is 0.00000405. The monoisotopic (exact) mass is 641 g/mol. The number of nitrogens with zero attached hydrogens (tertiary/aromatic N) is 6. The van der Waals surface area contributed by atoms with Crippen molar-refractivity contribution in [3.05, 3.63) is 58.1 Å². The number of hydrogen-bond acceptors (Lipinski definition) is 12. The summed E-state index contributed by atoms with van der Waals surface area (Å²) in [5.41, 5.74) is 4.39. The maximum Gasteiger partial charge on any atom is 1.00 e. The summed E-state index contributed by atoms with van der Waals surface area (Å²) in [6.45, 7) is 2.56. The molecule has 1 amide bonds. The van der Waals surface area contributed by atoms with Crippen LogP contribution in [0.3, 0.4) is 0 Å². The Morgan fingerprint density at radius 2 is 2.10 bits per heavy atom. The van der Waals surface area contributed by atoms with Gasteiger partial charge in [0, 0.05) is 28.7 Å². The van der Waals surface area contributed by atoms with Crippen molar-refractivity contribution in [2.75, 3.05) is 11.5 Å². The maximum absolute atomic E-state index is 13.2. The molecule has 0 bridgehead atoms. The van der Waals surface area contributed by atoms with Crippen molar-refractivity contribution in [2.45, 2.75) is 37.4 Å². The smallest absolute Gasteiger partial charge is 0.857 e. The molecule has 14 nitrogen and oxygen atoms in total. The number of amides is 1. The number of halogens is 1. The molecule has 3 aromatic heterocycles. The zero-order valence-electron chi connectivity index (χ0n) is 22.4. The number of pyridine rings is 1. The van der Waals surface area contributed by atoms with E-state index in [4.69, 9.17) is 22.2 Å². The molecule has 2 aliphatic heterocycles. The van der Waals surface area contributed by atoms with E-state index in [9.17, 15) is 29.7 Å². The summed E-state index contributed by atoms with van der Waals surface area (Å²) in [5, 5.41) is 39.5. The number of carboxylic acids is 2. The summed E-state index contributed by atoms with van der Waals surface area (Å²) < 4.78 is 3.63. The van der Waals surface area contributed by atoms with Crippen LogP contribution < -0.4 is 50.1 Å².